The van der Waals surface area contributed by atoms with E-state index in [4.69, 9.17) is 16.0 Å². The number of carbonyl (C=O) groups is 1. The Morgan fingerprint density at radius 2 is 1.88 bits per heavy atom. The minimum atomic E-state index is -0.186. The van der Waals surface area contributed by atoms with Crippen molar-refractivity contribution in [3.63, 3.8) is 0 Å². The van der Waals surface area contributed by atoms with Crippen molar-refractivity contribution in [2.45, 2.75) is 13.0 Å². The lowest BCUT2D eigenvalue weighted by molar-refractivity contribution is 0.205. The van der Waals surface area contributed by atoms with Gasteiger partial charge in [-0.3, -0.25) is 0 Å². The van der Waals surface area contributed by atoms with E-state index in [1.807, 2.05) is 36.4 Å². The third kappa shape index (κ3) is 5.13. The Morgan fingerprint density at radius 3 is 2.60 bits per heavy atom. The average molecular weight is 355 g/mol. The molecular formula is C20H19ClN2O2. The number of rotatable bonds is 6. The number of carbonyl (C=O) groups excluding carboxylic acids is 1. The zero-order valence-electron chi connectivity index (χ0n) is 13.7. The van der Waals surface area contributed by atoms with E-state index in [0.29, 0.717) is 23.8 Å². The minimum Gasteiger partial charge on any atom is -0.467 e. The highest BCUT2D eigenvalue weighted by Crippen LogP contribution is 2.16. The van der Waals surface area contributed by atoms with Crippen LogP contribution in [0.25, 0.3) is 0 Å². The molecule has 1 aromatic heterocycles. The third-order valence-corrected chi connectivity index (χ3v) is 4.04. The first-order chi connectivity index (χ1) is 12.2. The molecule has 1 heterocycles. The molecule has 25 heavy (non-hydrogen) atoms. The molecule has 128 valence electrons. The standard InChI is InChI=1S/C20H19ClN2O2/c21-17-8-4-9-18(14-17)22-20(24)23(15-19-10-5-13-25-19)12-11-16-6-2-1-3-7-16/h1-10,13-14H,11-12,15H2,(H,22,24). The first-order valence-corrected chi connectivity index (χ1v) is 8.46. The summed E-state index contributed by atoms with van der Waals surface area (Å²) in [6.07, 6.45) is 2.38. The number of halogens is 1. The molecule has 2 amide bonds. The van der Waals surface area contributed by atoms with Crippen molar-refractivity contribution in [1.29, 1.82) is 0 Å². The molecule has 0 unspecified atom stereocenters. The van der Waals surface area contributed by atoms with Gasteiger partial charge in [0.15, 0.2) is 0 Å². The van der Waals surface area contributed by atoms with Crippen molar-refractivity contribution in [2.75, 3.05) is 11.9 Å². The highest BCUT2D eigenvalue weighted by molar-refractivity contribution is 6.30. The summed E-state index contributed by atoms with van der Waals surface area (Å²) in [7, 11) is 0. The van der Waals surface area contributed by atoms with Crippen LogP contribution in [0.4, 0.5) is 10.5 Å². The van der Waals surface area contributed by atoms with Crippen LogP contribution in [0, 0.1) is 0 Å². The molecule has 0 aliphatic heterocycles. The Hall–Kier alpha value is -2.72. The Labute approximate surface area is 152 Å². The summed E-state index contributed by atoms with van der Waals surface area (Å²) in [4.78, 5) is 14.4. The zero-order chi connectivity index (χ0) is 17.5. The molecule has 0 spiro atoms. The molecule has 2 aromatic carbocycles. The van der Waals surface area contributed by atoms with Crippen LogP contribution in [0.5, 0.6) is 0 Å². The Balaban J connectivity index is 1.69. The molecule has 0 saturated carbocycles. The number of benzene rings is 2. The SMILES string of the molecule is O=C(Nc1cccc(Cl)c1)N(CCc1ccccc1)Cc1ccco1. The quantitative estimate of drug-likeness (QED) is 0.660. The summed E-state index contributed by atoms with van der Waals surface area (Å²) in [5, 5.41) is 3.48. The number of amides is 2. The van der Waals surface area contributed by atoms with Crippen LogP contribution in [0.15, 0.2) is 77.4 Å². The molecule has 0 radical (unpaired) electrons. The van der Waals surface area contributed by atoms with E-state index in [0.717, 1.165) is 12.2 Å². The molecule has 3 aromatic rings. The van der Waals surface area contributed by atoms with Crippen LogP contribution in [0.1, 0.15) is 11.3 Å². The lowest BCUT2D eigenvalue weighted by Crippen LogP contribution is -2.36. The van der Waals surface area contributed by atoms with Gasteiger partial charge in [-0.2, -0.15) is 0 Å². The van der Waals surface area contributed by atoms with Crippen molar-refractivity contribution in [3.05, 3.63) is 89.3 Å². The molecule has 0 fully saturated rings. The second-order valence-corrected chi connectivity index (χ2v) is 6.11. The van der Waals surface area contributed by atoms with E-state index in [9.17, 15) is 4.79 Å². The summed E-state index contributed by atoms with van der Waals surface area (Å²) < 4.78 is 5.39. The fourth-order valence-electron chi connectivity index (χ4n) is 2.52. The highest BCUT2D eigenvalue weighted by atomic mass is 35.5. The average Bonchev–Trinajstić information content (AvgIpc) is 3.12. The minimum absolute atomic E-state index is 0.186. The molecular weight excluding hydrogens is 336 g/mol. The van der Waals surface area contributed by atoms with Gasteiger partial charge in [-0.05, 0) is 42.3 Å². The topological polar surface area (TPSA) is 45.5 Å². The largest absolute Gasteiger partial charge is 0.467 e. The van der Waals surface area contributed by atoms with Crippen LogP contribution in [-0.4, -0.2) is 17.5 Å². The van der Waals surface area contributed by atoms with Gasteiger partial charge >= 0.3 is 6.03 Å². The molecule has 3 rings (SSSR count). The summed E-state index contributed by atoms with van der Waals surface area (Å²) in [5.74, 6) is 0.745. The maximum Gasteiger partial charge on any atom is 0.322 e. The van der Waals surface area contributed by atoms with Crippen molar-refractivity contribution in [2.24, 2.45) is 0 Å². The van der Waals surface area contributed by atoms with Crippen molar-refractivity contribution in [1.82, 2.24) is 4.90 Å². The molecule has 0 aliphatic rings. The molecule has 5 heteroatoms. The summed E-state index contributed by atoms with van der Waals surface area (Å²) in [6.45, 7) is 0.989. The summed E-state index contributed by atoms with van der Waals surface area (Å²) >= 11 is 5.98. The first-order valence-electron chi connectivity index (χ1n) is 8.08. The normalized spacial score (nSPS) is 10.4. The fraction of sp³-hybridized carbons (Fsp3) is 0.150. The summed E-state index contributed by atoms with van der Waals surface area (Å²) in [5.41, 5.74) is 1.85. The second-order valence-electron chi connectivity index (χ2n) is 5.68. The number of urea groups is 1. The van der Waals surface area contributed by atoms with Crippen molar-refractivity contribution in [3.8, 4) is 0 Å². The molecule has 4 nitrogen and oxygen atoms in total. The van der Waals surface area contributed by atoms with Crippen molar-refractivity contribution < 1.29 is 9.21 Å². The third-order valence-electron chi connectivity index (χ3n) is 3.80. The zero-order valence-corrected chi connectivity index (χ0v) is 14.4. The van der Waals surface area contributed by atoms with Crippen LogP contribution in [-0.2, 0) is 13.0 Å². The maximum atomic E-state index is 12.7. The molecule has 0 saturated heterocycles. The van der Waals surface area contributed by atoms with Gasteiger partial charge in [0.05, 0.1) is 12.8 Å². The number of anilines is 1. The molecule has 0 bridgehead atoms. The van der Waals surface area contributed by atoms with E-state index in [-0.39, 0.29) is 6.03 Å². The number of furan rings is 1. The van der Waals surface area contributed by atoms with E-state index in [1.54, 1.807) is 29.4 Å². The van der Waals surface area contributed by atoms with Gasteiger partial charge in [0.1, 0.15) is 5.76 Å². The number of nitrogens with zero attached hydrogens (tertiary/aromatic N) is 1. The van der Waals surface area contributed by atoms with Crippen molar-refractivity contribution >= 4 is 23.3 Å². The van der Waals surface area contributed by atoms with E-state index < -0.39 is 0 Å². The Morgan fingerprint density at radius 1 is 1.04 bits per heavy atom. The predicted molar refractivity (Wildman–Crippen MR) is 99.7 cm³/mol. The van der Waals surface area contributed by atoms with Gasteiger partial charge in [-0.25, -0.2) is 4.79 Å². The van der Waals surface area contributed by atoms with E-state index >= 15 is 0 Å². The predicted octanol–water partition coefficient (Wildman–Crippen LogP) is 5.21. The monoisotopic (exact) mass is 354 g/mol. The van der Waals surface area contributed by atoms with Crippen LogP contribution >= 0.6 is 11.6 Å². The number of nitrogens with one attached hydrogen (secondary N) is 1. The fourth-order valence-corrected chi connectivity index (χ4v) is 2.71. The Bertz CT molecular complexity index is 804. The van der Waals surface area contributed by atoms with Gasteiger partial charge in [0, 0.05) is 17.3 Å². The number of hydrogen-bond donors (Lipinski definition) is 1. The summed E-state index contributed by atoms with van der Waals surface area (Å²) in [6, 6.07) is 20.7. The Kier molecular flexibility index (Phi) is 5.75. The second kappa shape index (κ2) is 8.40. The van der Waals surface area contributed by atoms with Gasteiger partial charge < -0.3 is 14.6 Å². The van der Waals surface area contributed by atoms with Gasteiger partial charge in [0.25, 0.3) is 0 Å². The van der Waals surface area contributed by atoms with Gasteiger partial charge in [0.2, 0.25) is 0 Å². The lowest BCUT2D eigenvalue weighted by atomic mass is 10.1. The van der Waals surface area contributed by atoms with Crippen LogP contribution in [0.3, 0.4) is 0 Å². The van der Waals surface area contributed by atoms with E-state index in [2.05, 4.69) is 17.4 Å². The molecule has 1 N–H and O–H groups in total. The molecule has 0 aliphatic carbocycles. The van der Waals surface area contributed by atoms with Gasteiger partial charge in [-0.1, -0.05) is 48.0 Å². The van der Waals surface area contributed by atoms with Crippen LogP contribution < -0.4 is 5.32 Å². The lowest BCUT2D eigenvalue weighted by Gasteiger charge is -2.22. The highest BCUT2D eigenvalue weighted by Gasteiger charge is 2.15. The smallest absolute Gasteiger partial charge is 0.322 e. The van der Waals surface area contributed by atoms with Crippen LogP contribution in [0.2, 0.25) is 5.02 Å². The molecule has 0 atom stereocenters. The van der Waals surface area contributed by atoms with E-state index in [1.165, 1.54) is 5.56 Å². The first kappa shape index (κ1) is 17.1. The number of hydrogen-bond acceptors (Lipinski definition) is 2. The maximum absolute atomic E-state index is 12.7. The van der Waals surface area contributed by atoms with Gasteiger partial charge in [-0.15, -0.1) is 0 Å².